The molecule has 0 amide bonds. The van der Waals surface area contributed by atoms with E-state index in [1.54, 1.807) is 13.0 Å². The first kappa shape index (κ1) is 18.9. The Labute approximate surface area is 141 Å². The van der Waals surface area contributed by atoms with E-state index in [0.29, 0.717) is 5.56 Å². The number of nitrogens with zero attached hydrogens (tertiary/aromatic N) is 1. The van der Waals surface area contributed by atoms with Crippen LogP contribution in [-0.4, -0.2) is 11.3 Å². The van der Waals surface area contributed by atoms with Crippen molar-refractivity contribution in [2.75, 3.05) is 0 Å². The lowest BCUT2D eigenvalue weighted by Crippen LogP contribution is -2.12. The summed E-state index contributed by atoms with van der Waals surface area (Å²) in [6.07, 6.45) is 0.871. The molecule has 2 rings (SSSR count). The Balaban J connectivity index is 2.60. The van der Waals surface area contributed by atoms with Gasteiger partial charge in [0, 0.05) is 11.8 Å². The minimum absolute atomic E-state index is 0.105. The van der Waals surface area contributed by atoms with Gasteiger partial charge in [0.05, 0.1) is 0 Å². The van der Waals surface area contributed by atoms with Gasteiger partial charge >= 0.3 is 0 Å². The fourth-order valence-electron chi connectivity index (χ4n) is 2.18. The Kier molecular flexibility index (Phi) is 4.88. The predicted molar refractivity (Wildman–Crippen MR) is 85.0 cm³/mol. The average Bonchev–Trinajstić information content (AvgIpc) is 2.53. The molecule has 2 nitrogen and oxygen atoms in total. The molecule has 0 radical (unpaired) electrons. The van der Waals surface area contributed by atoms with E-state index < -0.39 is 34.8 Å². The number of phenolic OH excluding ortho intramolecular Hbond substituents is 1. The zero-order valence-electron chi connectivity index (χ0n) is 14.0. The van der Waals surface area contributed by atoms with E-state index in [2.05, 4.69) is 4.99 Å². The summed E-state index contributed by atoms with van der Waals surface area (Å²) in [6.45, 7) is 7.39. The van der Waals surface area contributed by atoms with Crippen LogP contribution in [0.1, 0.15) is 37.5 Å². The Hall–Kier alpha value is -2.44. The van der Waals surface area contributed by atoms with Gasteiger partial charge in [-0.3, -0.25) is 0 Å². The summed E-state index contributed by atoms with van der Waals surface area (Å²) in [5, 5.41) is 10.1. The topological polar surface area (TPSA) is 32.6 Å². The van der Waals surface area contributed by atoms with Crippen molar-refractivity contribution in [3.8, 4) is 5.75 Å². The van der Waals surface area contributed by atoms with Crippen LogP contribution in [0, 0.1) is 36.0 Å². The molecular formula is C18H16F5NO. The number of hydrogen-bond donors (Lipinski definition) is 1. The van der Waals surface area contributed by atoms with Crippen LogP contribution in [0.3, 0.4) is 0 Å². The van der Waals surface area contributed by atoms with Gasteiger partial charge in [-0.1, -0.05) is 26.8 Å². The molecule has 134 valence electrons. The number of aliphatic imine (C=N–C) groups is 1. The minimum atomic E-state index is -2.25. The maximum Gasteiger partial charge on any atom is 0.200 e. The van der Waals surface area contributed by atoms with Gasteiger partial charge < -0.3 is 5.11 Å². The lowest BCUT2D eigenvalue weighted by molar-refractivity contribution is 0.381. The average molecular weight is 357 g/mol. The van der Waals surface area contributed by atoms with E-state index in [1.807, 2.05) is 20.8 Å². The van der Waals surface area contributed by atoms with Crippen molar-refractivity contribution in [2.24, 2.45) is 4.99 Å². The largest absolute Gasteiger partial charge is 0.507 e. The molecule has 0 bridgehead atoms. The van der Waals surface area contributed by atoms with E-state index in [4.69, 9.17) is 0 Å². The summed E-state index contributed by atoms with van der Waals surface area (Å²) in [7, 11) is 0. The van der Waals surface area contributed by atoms with Crippen LogP contribution in [0.15, 0.2) is 17.1 Å². The normalized spacial score (nSPS) is 12.2. The van der Waals surface area contributed by atoms with E-state index in [0.717, 1.165) is 11.8 Å². The highest BCUT2D eigenvalue weighted by atomic mass is 19.2. The van der Waals surface area contributed by atoms with Gasteiger partial charge in [0.25, 0.3) is 0 Å². The Morgan fingerprint density at radius 1 is 0.880 bits per heavy atom. The summed E-state index contributed by atoms with van der Waals surface area (Å²) >= 11 is 0. The third-order valence-corrected chi connectivity index (χ3v) is 3.72. The molecule has 0 heterocycles. The molecule has 25 heavy (non-hydrogen) atoms. The van der Waals surface area contributed by atoms with E-state index in [1.165, 1.54) is 6.07 Å². The maximum absolute atomic E-state index is 13.7. The van der Waals surface area contributed by atoms with E-state index in [-0.39, 0.29) is 16.7 Å². The molecule has 0 aliphatic carbocycles. The number of halogens is 5. The number of hydrogen-bond acceptors (Lipinski definition) is 2. The molecule has 0 aliphatic rings. The van der Waals surface area contributed by atoms with Gasteiger partial charge in [0.2, 0.25) is 5.82 Å². The summed E-state index contributed by atoms with van der Waals surface area (Å²) in [5.74, 6) is -10.7. The van der Waals surface area contributed by atoms with Crippen molar-refractivity contribution in [2.45, 2.75) is 33.1 Å². The summed E-state index contributed by atoms with van der Waals surface area (Å²) in [6, 6.07) is 3.28. The fourth-order valence-corrected chi connectivity index (χ4v) is 2.18. The Morgan fingerprint density at radius 3 is 1.84 bits per heavy atom. The Bertz CT molecular complexity index is 840. The predicted octanol–water partition coefficient (Wildman–Crippen LogP) is 5.44. The van der Waals surface area contributed by atoms with Gasteiger partial charge in [-0.25, -0.2) is 26.9 Å². The molecule has 0 unspecified atom stereocenters. The summed E-state index contributed by atoms with van der Waals surface area (Å²) < 4.78 is 66.8. The zero-order valence-corrected chi connectivity index (χ0v) is 14.0. The van der Waals surface area contributed by atoms with Crippen LogP contribution in [-0.2, 0) is 5.41 Å². The summed E-state index contributed by atoms with van der Waals surface area (Å²) in [5.41, 5.74) is -0.192. The standard InChI is InChI=1S/C18H16F5NO/c1-8-5-10(18(2,3)4)6-9(17(8)25)7-24-16-14(22)12(20)11(19)13(21)15(16)23/h5-7,25H,1-4H3. The third kappa shape index (κ3) is 3.50. The fraction of sp³-hybridized carbons (Fsp3) is 0.278. The van der Waals surface area contributed by atoms with Gasteiger partial charge in [-0.2, -0.15) is 0 Å². The number of benzene rings is 2. The smallest absolute Gasteiger partial charge is 0.200 e. The lowest BCUT2D eigenvalue weighted by atomic mass is 9.85. The highest BCUT2D eigenvalue weighted by Crippen LogP contribution is 2.32. The van der Waals surface area contributed by atoms with Gasteiger partial charge in [-0.05, 0) is 29.5 Å². The lowest BCUT2D eigenvalue weighted by Gasteiger charge is -2.21. The first-order valence-electron chi connectivity index (χ1n) is 7.34. The SMILES string of the molecule is Cc1cc(C(C)(C)C)cc(C=Nc2c(F)c(F)c(F)c(F)c2F)c1O. The van der Waals surface area contributed by atoms with Crippen LogP contribution in [0.2, 0.25) is 0 Å². The highest BCUT2D eigenvalue weighted by molar-refractivity contribution is 5.86. The first-order chi connectivity index (χ1) is 11.4. The molecule has 7 heteroatoms. The van der Waals surface area contributed by atoms with Gasteiger partial charge in [0.15, 0.2) is 23.3 Å². The molecule has 2 aromatic carbocycles. The van der Waals surface area contributed by atoms with Crippen LogP contribution in [0.4, 0.5) is 27.6 Å². The van der Waals surface area contributed by atoms with Crippen molar-refractivity contribution in [1.82, 2.24) is 0 Å². The monoisotopic (exact) mass is 357 g/mol. The molecule has 0 aromatic heterocycles. The first-order valence-corrected chi connectivity index (χ1v) is 7.34. The number of aryl methyl sites for hydroxylation is 1. The zero-order chi connectivity index (χ0) is 19.1. The van der Waals surface area contributed by atoms with Gasteiger partial charge in [-0.15, -0.1) is 0 Å². The van der Waals surface area contributed by atoms with E-state index in [9.17, 15) is 27.1 Å². The molecule has 0 fully saturated rings. The van der Waals surface area contributed by atoms with Crippen LogP contribution in [0.5, 0.6) is 5.75 Å². The van der Waals surface area contributed by atoms with Crippen molar-refractivity contribution in [3.63, 3.8) is 0 Å². The van der Waals surface area contributed by atoms with E-state index >= 15 is 0 Å². The molecule has 0 aliphatic heterocycles. The second kappa shape index (κ2) is 6.46. The van der Waals surface area contributed by atoms with Crippen molar-refractivity contribution >= 4 is 11.9 Å². The van der Waals surface area contributed by atoms with Crippen LogP contribution >= 0.6 is 0 Å². The molecule has 0 saturated carbocycles. The second-order valence-corrected chi connectivity index (χ2v) is 6.66. The summed E-state index contributed by atoms with van der Waals surface area (Å²) in [4.78, 5) is 3.38. The third-order valence-electron chi connectivity index (χ3n) is 3.72. The molecule has 0 spiro atoms. The quantitative estimate of drug-likeness (QED) is 0.330. The van der Waals surface area contributed by atoms with Gasteiger partial charge in [0.1, 0.15) is 11.4 Å². The molecule has 0 atom stereocenters. The van der Waals surface area contributed by atoms with Crippen molar-refractivity contribution in [1.29, 1.82) is 0 Å². The molecular weight excluding hydrogens is 341 g/mol. The minimum Gasteiger partial charge on any atom is -0.507 e. The van der Waals surface area contributed by atoms with Crippen molar-refractivity contribution in [3.05, 3.63) is 57.9 Å². The van der Waals surface area contributed by atoms with Crippen LogP contribution < -0.4 is 0 Å². The maximum atomic E-state index is 13.7. The molecule has 1 N–H and O–H groups in total. The number of rotatable bonds is 2. The molecule has 0 saturated heterocycles. The number of phenols is 1. The molecule has 2 aromatic rings. The number of aromatic hydroxyl groups is 1. The van der Waals surface area contributed by atoms with Crippen LogP contribution in [0.25, 0.3) is 0 Å². The second-order valence-electron chi connectivity index (χ2n) is 6.66. The highest BCUT2D eigenvalue weighted by Gasteiger charge is 2.25. The van der Waals surface area contributed by atoms with Crippen molar-refractivity contribution < 1.29 is 27.1 Å². The Morgan fingerprint density at radius 2 is 1.36 bits per heavy atom.